The van der Waals surface area contributed by atoms with Gasteiger partial charge in [0.1, 0.15) is 11.3 Å². The van der Waals surface area contributed by atoms with E-state index < -0.39 is 0 Å². The Hall–Kier alpha value is -2.74. The Kier molecular flexibility index (Phi) is 7.79. The molecule has 0 atom stereocenters. The molecule has 1 aromatic carbocycles. The summed E-state index contributed by atoms with van der Waals surface area (Å²) in [6.45, 7) is 9.56. The van der Waals surface area contributed by atoms with E-state index in [4.69, 9.17) is 9.84 Å². The summed E-state index contributed by atoms with van der Waals surface area (Å²) in [5.74, 6) is -0.148. The molecule has 2 aromatic heterocycles. The van der Waals surface area contributed by atoms with Crippen molar-refractivity contribution in [2.45, 2.75) is 40.7 Å². The number of carbonyl (C=O) groups is 1. The lowest BCUT2D eigenvalue weighted by atomic mass is 10.0. The normalized spacial score (nSPS) is 11.3. The number of nitrogens with zero attached hydrogens (tertiary/aromatic N) is 3. The van der Waals surface area contributed by atoms with Crippen LogP contribution >= 0.6 is 0 Å². The zero-order valence-corrected chi connectivity index (χ0v) is 18.8. The molecule has 7 heteroatoms. The highest BCUT2D eigenvalue weighted by atomic mass is 16.5. The third-order valence-electron chi connectivity index (χ3n) is 5.60. The molecule has 1 amide bonds. The molecule has 2 N–H and O–H groups in total. The van der Waals surface area contributed by atoms with Crippen molar-refractivity contribution in [3.8, 4) is 0 Å². The van der Waals surface area contributed by atoms with E-state index in [1.807, 2.05) is 36.4 Å². The summed E-state index contributed by atoms with van der Waals surface area (Å²) in [6.07, 6.45) is 0.930. The number of hydrogen-bond acceptors (Lipinski definition) is 5. The highest BCUT2D eigenvalue weighted by Gasteiger charge is 2.21. The molecule has 0 saturated heterocycles. The lowest BCUT2D eigenvalue weighted by Gasteiger charge is -2.25. The van der Waals surface area contributed by atoms with Gasteiger partial charge in [-0.1, -0.05) is 31.2 Å². The number of carbonyl (C=O) groups excluding carboxylic acids is 1. The van der Waals surface area contributed by atoms with Crippen molar-refractivity contribution in [1.29, 1.82) is 0 Å². The lowest BCUT2D eigenvalue weighted by molar-refractivity contribution is 0.0438. The number of pyridine rings is 1. The van der Waals surface area contributed by atoms with Gasteiger partial charge in [-0.15, -0.1) is 0 Å². The maximum Gasteiger partial charge on any atom is 0.285 e. The quantitative estimate of drug-likeness (QED) is 0.386. The van der Waals surface area contributed by atoms with Crippen LogP contribution in [0.25, 0.3) is 5.65 Å². The number of ether oxygens (including phenoxy) is 1. The predicted octanol–water partition coefficient (Wildman–Crippen LogP) is 2.98. The van der Waals surface area contributed by atoms with E-state index in [-0.39, 0.29) is 19.1 Å². The first-order valence-corrected chi connectivity index (χ1v) is 10.7. The van der Waals surface area contributed by atoms with Crippen LogP contribution in [0.5, 0.6) is 0 Å². The highest BCUT2D eigenvalue weighted by molar-refractivity contribution is 5.93. The van der Waals surface area contributed by atoms with E-state index in [0.29, 0.717) is 25.4 Å². The third kappa shape index (κ3) is 5.12. The number of benzene rings is 1. The van der Waals surface area contributed by atoms with Crippen LogP contribution in [-0.2, 0) is 17.7 Å². The monoisotopic (exact) mass is 424 g/mol. The Bertz CT molecular complexity index is 1040. The Morgan fingerprint density at radius 1 is 1.16 bits per heavy atom. The second-order valence-electron chi connectivity index (χ2n) is 7.58. The largest absolute Gasteiger partial charge is 0.394 e. The number of fused-ring (bicyclic) bond motifs is 1. The standard InChI is InChI=1S/C24H32N4O3/c1-5-20-9-6-8-17(2)21(20)16-25-27(12-14-31-15-13-29)24(30)22-10-7-11-23-26-18(3)19(4)28(22)23/h6-11,25,29H,5,12-16H2,1-4H3. The second-order valence-corrected chi connectivity index (χ2v) is 7.58. The summed E-state index contributed by atoms with van der Waals surface area (Å²) in [4.78, 5) is 18.1. The van der Waals surface area contributed by atoms with Gasteiger partial charge in [0.25, 0.3) is 5.91 Å². The van der Waals surface area contributed by atoms with Crippen LogP contribution in [0.1, 0.15) is 45.5 Å². The Balaban J connectivity index is 1.88. The molecular formula is C24H32N4O3. The molecule has 3 aromatic rings. The lowest BCUT2D eigenvalue weighted by Crippen LogP contribution is -2.45. The maximum absolute atomic E-state index is 13.6. The Labute approximate surface area is 183 Å². The molecule has 0 saturated carbocycles. The molecule has 0 aliphatic carbocycles. The second kappa shape index (κ2) is 10.5. The smallest absolute Gasteiger partial charge is 0.285 e. The fraction of sp³-hybridized carbons (Fsp3) is 0.417. The van der Waals surface area contributed by atoms with Gasteiger partial charge >= 0.3 is 0 Å². The van der Waals surface area contributed by atoms with E-state index in [2.05, 4.69) is 42.5 Å². The SMILES string of the molecule is CCc1cccc(C)c1CNN(CCOCCO)C(=O)c1cccc2nc(C)c(C)n12. The van der Waals surface area contributed by atoms with Crippen LogP contribution in [0.4, 0.5) is 0 Å². The molecule has 2 heterocycles. The molecule has 0 fully saturated rings. The predicted molar refractivity (Wildman–Crippen MR) is 121 cm³/mol. The van der Waals surface area contributed by atoms with E-state index >= 15 is 0 Å². The number of aliphatic hydroxyl groups excluding tert-OH is 1. The minimum Gasteiger partial charge on any atom is -0.394 e. The van der Waals surface area contributed by atoms with Crippen molar-refractivity contribution in [1.82, 2.24) is 19.8 Å². The molecule has 3 rings (SSSR count). The summed E-state index contributed by atoms with van der Waals surface area (Å²) in [5, 5.41) is 10.6. The van der Waals surface area contributed by atoms with Gasteiger partial charge < -0.3 is 9.84 Å². The van der Waals surface area contributed by atoms with Gasteiger partial charge in [-0.2, -0.15) is 0 Å². The van der Waals surface area contributed by atoms with Crippen LogP contribution in [0.15, 0.2) is 36.4 Å². The average Bonchev–Trinajstić information content (AvgIpc) is 3.07. The molecule has 166 valence electrons. The van der Waals surface area contributed by atoms with Crippen molar-refractivity contribution in [3.63, 3.8) is 0 Å². The van der Waals surface area contributed by atoms with E-state index in [1.54, 1.807) is 5.01 Å². The van der Waals surface area contributed by atoms with Gasteiger partial charge in [0.15, 0.2) is 0 Å². The van der Waals surface area contributed by atoms with E-state index in [9.17, 15) is 4.79 Å². The van der Waals surface area contributed by atoms with Gasteiger partial charge in [0, 0.05) is 12.2 Å². The number of rotatable bonds is 10. The molecule has 0 aliphatic rings. The Morgan fingerprint density at radius 3 is 2.68 bits per heavy atom. The topological polar surface area (TPSA) is 79.1 Å². The van der Waals surface area contributed by atoms with Crippen LogP contribution < -0.4 is 5.43 Å². The highest BCUT2D eigenvalue weighted by Crippen LogP contribution is 2.17. The number of aryl methyl sites for hydroxylation is 4. The van der Waals surface area contributed by atoms with Crippen LogP contribution in [0.3, 0.4) is 0 Å². The van der Waals surface area contributed by atoms with E-state index in [0.717, 1.165) is 23.5 Å². The van der Waals surface area contributed by atoms with Crippen LogP contribution in [0.2, 0.25) is 0 Å². The van der Waals surface area contributed by atoms with Gasteiger partial charge in [-0.3, -0.25) is 14.2 Å². The summed E-state index contributed by atoms with van der Waals surface area (Å²) < 4.78 is 7.33. The summed E-state index contributed by atoms with van der Waals surface area (Å²) in [5.41, 5.74) is 10.1. The fourth-order valence-electron chi connectivity index (χ4n) is 3.75. The number of hydrogen-bond donors (Lipinski definition) is 2. The number of amides is 1. The van der Waals surface area contributed by atoms with E-state index in [1.165, 1.54) is 16.7 Å². The first-order valence-electron chi connectivity index (χ1n) is 10.7. The molecule has 0 aliphatic heterocycles. The molecule has 0 radical (unpaired) electrons. The average molecular weight is 425 g/mol. The van der Waals surface area contributed by atoms with Gasteiger partial charge in [-0.25, -0.2) is 10.4 Å². The van der Waals surface area contributed by atoms with Gasteiger partial charge in [0.2, 0.25) is 0 Å². The molecule has 0 spiro atoms. The molecular weight excluding hydrogens is 392 g/mol. The number of hydrazine groups is 1. The first-order chi connectivity index (χ1) is 15.0. The summed E-state index contributed by atoms with van der Waals surface area (Å²) >= 11 is 0. The minimum atomic E-state index is -0.148. The van der Waals surface area contributed by atoms with Crippen LogP contribution in [0, 0.1) is 20.8 Å². The van der Waals surface area contributed by atoms with Gasteiger partial charge in [0.05, 0.1) is 32.1 Å². The number of aromatic nitrogens is 2. The van der Waals surface area contributed by atoms with Crippen LogP contribution in [-0.4, -0.2) is 51.8 Å². The first kappa shape index (κ1) is 22.9. The number of nitrogens with one attached hydrogen (secondary N) is 1. The summed E-state index contributed by atoms with van der Waals surface area (Å²) in [6, 6.07) is 11.8. The number of aliphatic hydroxyl groups is 1. The molecule has 7 nitrogen and oxygen atoms in total. The van der Waals surface area contributed by atoms with Gasteiger partial charge in [-0.05, 0) is 56.0 Å². The summed E-state index contributed by atoms with van der Waals surface area (Å²) in [7, 11) is 0. The zero-order valence-electron chi connectivity index (χ0n) is 18.8. The fourth-order valence-corrected chi connectivity index (χ4v) is 3.75. The van der Waals surface area contributed by atoms with Crippen molar-refractivity contribution in [3.05, 3.63) is 70.2 Å². The molecule has 31 heavy (non-hydrogen) atoms. The minimum absolute atomic E-state index is 0.0444. The molecule has 0 unspecified atom stereocenters. The van der Waals surface area contributed by atoms with Crippen molar-refractivity contribution in [2.75, 3.05) is 26.4 Å². The Morgan fingerprint density at radius 2 is 1.94 bits per heavy atom. The van der Waals surface area contributed by atoms with Crippen molar-refractivity contribution >= 4 is 11.6 Å². The van der Waals surface area contributed by atoms with Crippen molar-refractivity contribution in [2.24, 2.45) is 0 Å². The number of imidazole rings is 1. The maximum atomic E-state index is 13.6. The van der Waals surface area contributed by atoms with Crippen molar-refractivity contribution < 1.29 is 14.6 Å². The third-order valence-corrected chi connectivity index (χ3v) is 5.60. The molecule has 0 bridgehead atoms. The zero-order chi connectivity index (χ0) is 22.4.